The molecule has 0 spiro atoms. The Bertz CT molecular complexity index is 1250. The maximum atomic E-state index is 8.21. The Balaban J connectivity index is 1.74. The number of rotatable bonds is 6. The zero-order valence-electron chi connectivity index (χ0n) is 17.6. The maximum absolute atomic E-state index is 8.21. The fourth-order valence-corrected chi connectivity index (χ4v) is 3.74. The second kappa shape index (κ2) is 8.02. The minimum absolute atomic E-state index is 0.160. The van der Waals surface area contributed by atoms with Gasteiger partial charge in [-0.15, -0.1) is 0 Å². The molecular weight excluding hydrogens is 378 g/mol. The molecule has 4 aromatic rings. The number of imidazole rings is 1. The number of nitrogens with one attached hydrogen (secondary N) is 2. The Morgan fingerprint density at radius 1 is 1.03 bits per heavy atom. The van der Waals surface area contributed by atoms with Gasteiger partial charge in [0.25, 0.3) is 0 Å². The van der Waals surface area contributed by atoms with Crippen LogP contribution in [0.4, 0.5) is 0 Å². The number of H-pyrrole nitrogens is 1. The average Bonchev–Trinajstić information content (AvgIpc) is 3.18. The highest BCUT2D eigenvalue weighted by atomic mass is 16.5. The van der Waals surface area contributed by atoms with E-state index in [1.54, 1.807) is 20.5 Å². The average molecular weight is 403 g/mol. The minimum Gasteiger partial charge on any atom is -0.497 e. The first-order chi connectivity index (χ1) is 14.5. The van der Waals surface area contributed by atoms with Gasteiger partial charge >= 0.3 is 0 Å². The Kier molecular flexibility index (Phi) is 5.27. The Morgan fingerprint density at radius 3 is 2.50 bits per heavy atom. The summed E-state index contributed by atoms with van der Waals surface area (Å²) in [5, 5.41) is 8.21. The molecule has 0 amide bonds. The lowest BCUT2D eigenvalue weighted by Crippen LogP contribution is -2.13. The van der Waals surface area contributed by atoms with Gasteiger partial charge in [-0.1, -0.05) is 29.3 Å². The molecule has 7 nitrogen and oxygen atoms in total. The van der Waals surface area contributed by atoms with E-state index in [2.05, 4.69) is 42.0 Å². The third kappa shape index (κ3) is 3.78. The van der Waals surface area contributed by atoms with E-state index in [0.29, 0.717) is 35.0 Å². The smallest absolute Gasteiger partial charge is 0.173 e. The molecule has 0 aliphatic carbocycles. The third-order valence-electron chi connectivity index (χ3n) is 5.10. The summed E-state index contributed by atoms with van der Waals surface area (Å²) in [5.41, 5.74) is 6.01. The highest BCUT2D eigenvalue weighted by Gasteiger charge is 2.15. The van der Waals surface area contributed by atoms with E-state index < -0.39 is 0 Å². The summed E-state index contributed by atoms with van der Waals surface area (Å²) in [5.74, 6) is 2.00. The van der Waals surface area contributed by atoms with Crippen LogP contribution in [0.2, 0.25) is 0 Å². The van der Waals surface area contributed by atoms with E-state index in [-0.39, 0.29) is 5.49 Å². The van der Waals surface area contributed by atoms with Gasteiger partial charge in [0.05, 0.1) is 26.1 Å². The number of benzene rings is 2. The number of ether oxygens (including phenoxy) is 2. The van der Waals surface area contributed by atoms with Crippen molar-refractivity contribution in [3.63, 3.8) is 0 Å². The number of fused-ring (bicyclic) bond motifs is 1. The number of aromatic nitrogens is 4. The lowest BCUT2D eigenvalue weighted by Gasteiger charge is -2.09. The quantitative estimate of drug-likeness (QED) is 0.513. The fourth-order valence-electron chi connectivity index (χ4n) is 3.74. The summed E-state index contributed by atoms with van der Waals surface area (Å²) in [6.45, 7) is 4.94. The molecule has 0 radical (unpaired) electrons. The molecule has 154 valence electrons. The second-order valence-corrected chi connectivity index (χ2v) is 7.38. The largest absolute Gasteiger partial charge is 0.497 e. The van der Waals surface area contributed by atoms with E-state index in [1.807, 2.05) is 22.8 Å². The first-order valence-electron chi connectivity index (χ1n) is 9.78. The first-order valence-corrected chi connectivity index (χ1v) is 9.78. The molecule has 0 unspecified atom stereocenters. The van der Waals surface area contributed by atoms with E-state index in [1.165, 1.54) is 16.7 Å². The molecule has 0 fully saturated rings. The Hall–Kier alpha value is -3.61. The minimum atomic E-state index is 0.160. The van der Waals surface area contributed by atoms with E-state index in [4.69, 9.17) is 19.9 Å². The normalized spacial score (nSPS) is 11.1. The molecule has 4 rings (SSSR count). The van der Waals surface area contributed by atoms with Crippen LogP contribution in [0.1, 0.15) is 16.7 Å². The number of methoxy groups -OCH3 is 2. The summed E-state index contributed by atoms with van der Waals surface area (Å²) >= 11 is 0. The van der Waals surface area contributed by atoms with Crippen LogP contribution in [0.5, 0.6) is 11.5 Å². The van der Waals surface area contributed by atoms with Crippen LogP contribution in [0.3, 0.4) is 0 Å². The van der Waals surface area contributed by atoms with Gasteiger partial charge in [0.15, 0.2) is 11.1 Å². The second-order valence-electron chi connectivity index (χ2n) is 7.38. The third-order valence-corrected chi connectivity index (χ3v) is 5.10. The van der Waals surface area contributed by atoms with Gasteiger partial charge in [-0.3, -0.25) is 5.41 Å². The van der Waals surface area contributed by atoms with E-state index in [0.717, 1.165) is 12.0 Å². The molecule has 0 saturated carbocycles. The molecular formula is C23H25N5O2. The number of hydrogen-bond acceptors (Lipinski definition) is 5. The molecule has 2 heterocycles. The monoisotopic (exact) mass is 403 g/mol. The highest BCUT2D eigenvalue weighted by Crippen LogP contribution is 2.32. The molecule has 30 heavy (non-hydrogen) atoms. The summed E-state index contributed by atoms with van der Waals surface area (Å²) in [4.78, 5) is 12.3. The van der Waals surface area contributed by atoms with Crippen molar-refractivity contribution in [2.24, 2.45) is 0 Å². The standard InChI is InChI=1S/C23H25N5O2/c1-14-9-15(2)11-16(10-14)7-8-28-13-25-21(24)20-23(28)27-22(26-20)18-12-17(29-3)5-6-19(18)30-4/h5-6,9-13,24H,7-8H2,1-4H3,(H,26,27). The SMILES string of the molecule is COc1ccc(OC)c(-c2nc3c([nH]2)c(=N)ncn3CCc2cc(C)cc(C)c2)c1. The predicted molar refractivity (Wildman–Crippen MR) is 116 cm³/mol. The van der Waals surface area contributed by atoms with Crippen LogP contribution in [-0.4, -0.2) is 33.7 Å². The summed E-state index contributed by atoms with van der Waals surface area (Å²) in [7, 11) is 3.24. The first kappa shape index (κ1) is 19.7. The van der Waals surface area contributed by atoms with Gasteiger partial charge in [0, 0.05) is 6.54 Å². The van der Waals surface area contributed by atoms with Gasteiger partial charge in [-0.05, 0) is 44.0 Å². The van der Waals surface area contributed by atoms with Crippen molar-refractivity contribution >= 4 is 11.2 Å². The molecule has 0 aliphatic heterocycles. The van der Waals surface area contributed by atoms with E-state index >= 15 is 0 Å². The van der Waals surface area contributed by atoms with Gasteiger partial charge in [-0.2, -0.15) is 0 Å². The molecule has 0 aliphatic rings. The lowest BCUT2D eigenvalue weighted by atomic mass is 10.1. The van der Waals surface area contributed by atoms with Crippen molar-refractivity contribution in [2.45, 2.75) is 26.8 Å². The van der Waals surface area contributed by atoms with Crippen LogP contribution < -0.4 is 15.0 Å². The number of aryl methyl sites for hydroxylation is 4. The van der Waals surface area contributed by atoms with E-state index in [9.17, 15) is 0 Å². The maximum Gasteiger partial charge on any atom is 0.173 e. The van der Waals surface area contributed by atoms with Crippen LogP contribution >= 0.6 is 0 Å². The van der Waals surface area contributed by atoms with Crippen LogP contribution in [0, 0.1) is 19.3 Å². The van der Waals surface area contributed by atoms with Crippen LogP contribution in [0.25, 0.3) is 22.6 Å². The molecule has 2 N–H and O–H groups in total. The summed E-state index contributed by atoms with van der Waals surface area (Å²) in [6, 6.07) is 12.1. The fraction of sp³-hybridized carbons (Fsp3) is 0.261. The van der Waals surface area contributed by atoms with Crippen molar-refractivity contribution in [1.82, 2.24) is 19.5 Å². The van der Waals surface area contributed by atoms with Gasteiger partial charge in [-0.25, -0.2) is 9.97 Å². The Labute approximate surface area is 174 Å². The molecule has 0 saturated heterocycles. The van der Waals surface area contributed by atoms with Gasteiger partial charge in [0.1, 0.15) is 22.8 Å². The molecule has 7 heteroatoms. The van der Waals surface area contributed by atoms with Crippen LogP contribution in [0.15, 0.2) is 42.7 Å². The molecule has 2 aromatic heterocycles. The topological polar surface area (TPSA) is 88.8 Å². The predicted octanol–water partition coefficient (Wildman–Crippen LogP) is 3.78. The zero-order valence-corrected chi connectivity index (χ0v) is 17.6. The summed E-state index contributed by atoms with van der Waals surface area (Å²) < 4.78 is 12.8. The van der Waals surface area contributed by atoms with Crippen LogP contribution in [-0.2, 0) is 13.0 Å². The van der Waals surface area contributed by atoms with Crippen molar-refractivity contribution in [1.29, 1.82) is 5.41 Å². The lowest BCUT2D eigenvalue weighted by molar-refractivity contribution is 0.404. The van der Waals surface area contributed by atoms with Gasteiger partial charge < -0.3 is 19.0 Å². The highest BCUT2D eigenvalue weighted by molar-refractivity contribution is 5.77. The van der Waals surface area contributed by atoms with Crippen molar-refractivity contribution in [2.75, 3.05) is 14.2 Å². The van der Waals surface area contributed by atoms with Gasteiger partial charge in [0.2, 0.25) is 0 Å². The van der Waals surface area contributed by atoms with Crippen molar-refractivity contribution < 1.29 is 9.47 Å². The Morgan fingerprint density at radius 2 is 1.80 bits per heavy atom. The van der Waals surface area contributed by atoms with Crippen molar-refractivity contribution in [3.05, 3.63) is 64.9 Å². The number of hydrogen-bond donors (Lipinski definition) is 2. The molecule has 0 atom stereocenters. The zero-order chi connectivity index (χ0) is 21.3. The van der Waals surface area contributed by atoms with Crippen molar-refractivity contribution in [3.8, 4) is 22.9 Å². The number of nitrogens with zero attached hydrogens (tertiary/aromatic N) is 3. The molecule has 0 bridgehead atoms. The summed E-state index contributed by atoms with van der Waals surface area (Å²) in [6.07, 6.45) is 2.53. The molecule has 2 aromatic carbocycles. The number of aromatic amines is 1.